The molecule has 1 N–H and O–H groups in total. The summed E-state index contributed by atoms with van der Waals surface area (Å²) in [5.74, 6) is -0.813. The summed E-state index contributed by atoms with van der Waals surface area (Å²) in [5.41, 5.74) is 0.840. The molecule has 0 heterocycles. The van der Waals surface area contributed by atoms with E-state index in [-0.39, 0.29) is 11.2 Å². The first-order valence-corrected chi connectivity index (χ1v) is 5.32. The molecule has 2 heteroatoms. The molecule has 0 spiro atoms. The quantitative estimate of drug-likeness (QED) is 0.709. The highest BCUT2D eigenvalue weighted by atomic mass is 19.1. The minimum atomic E-state index is -0.538. The van der Waals surface area contributed by atoms with Crippen LogP contribution >= 0.6 is 0 Å². The first-order chi connectivity index (χ1) is 7.41. The van der Waals surface area contributed by atoms with Gasteiger partial charge >= 0.3 is 0 Å². The molecule has 0 aliphatic rings. The Labute approximate surface area is 94.5 Å². The summed E-state index contributed by atoms with van der Waals surface area (Å²) in [6, 6.07) is 8.76. The van der Waals surface area contributed by atoms with Crippen molar-refractivity contribution in [3.8, 4) is 5.75 Å². The van der Waals surface area contributed by atoms with E-state index in [0.717, 1.165) is 10.9 Å². The van der Waals surface area contributed by atoms with E-state index >= 15 is 0 Å². The van der Waals surface area contributed by atoms with Gasteiger partial charge in [0.25, 0.3) is 0 Å². The van der Waals surface area contributed by atoms with E-state index in [1.165, 1.54) is 6.07 Å². The number of phenols is 1. The van der Waals surface area contributed by atoms with Crippen molar-refractivity contribution in [2.24, 2.45) is 0 Å². The molecule has 0 atom stereocenters. The Morgan fingerprint density at radius 3 is 2.19 bits per heavy atom. The van der Waals surface area contributed by atoms with Gasteiger partial charge in [0.2, 0.25) is 0 Å². The first kappa shape index (κ1) is 10.9. The highest BCUT2D eigenvalue weighted by Gasteiger charge is 2.20. The molecule has 0 bridgehead atoms. The zero-order valence-corrected chi connectivity index (χ0v) is 9.71. The average Bonchev–Trinajstić information content (AvgIpc) is 2.22. The van der Waals surface area contributed by atoms with Crippen molar-refractivity contribution in [3.63, 3.8) is 0 Å². The summed E-state index contributed by atoms with van der Waals surface area (Å²) >= 11 is 0. The molecule has 0 amide bonds. The molecular weight excluding hydrogens is 203 g/mol. The highest BCUT2D eigenvalue weighted by Crippen LogP contribution is 2.35. The summed E-state index contributed by atoms with van der Waals surface area (Å²) in [5, 5.41) is 10.9. The monoisotopic (exact) mass is 218 g/mol. The predicted octanol–water partition coefficient (Wildman–Crippen LogP) is 3.98. The molecule has 0 saturated heterocycles. The third kappa shape index (κ3) is 1.64. The second-order valence-electron chi connectivity index (χ2n) is 5.05. The molecule has 1 nitrogen and oxygen atoms in total. The van der Waals surface area contributed by atoms with Crippen LogP contribution in [0.3, 0.4) is 0 Å². The minimum absolute atomic E-state index is 0.120. The van der Waals surface area contributed by atoms with Crippen molar-refractivity contribution in [2.75, 3.05) is 0 Å². The molecule has 2 aromatic rings. The zero-order valence-electron chi connectivity index (χ0n) is 9.71. The lowest BCUT2D eigenvalue weighted by Crippen LogP contribution is -2.12. The Kier molecular flexibility index (Phi) is 2.38. The maximum Gasteiger partial charge on any atom is 0.172 e. The SMILES string of the molecule is CC(C)(C)c1cc(O)c(F)c2ccccc12. The van der Waals surface area contributed by atoms with Crippen molar-refractivity contribution >= 4 is 10.8 Å². The van der Waals surface area contributed by atoms with Gasteiger partial charge in [0, 0.05) is 5.39 Å². The van der Waals surface area contributed by atoms with Gasteiger partial charge in [-0.25, -0.2) is 4.39 Å². The Balaban J connectivity index is 2.91. The van der Waals surface area contributed by atoms with Gasteiger partial charge in [-0.2, -0.15) is 0 Å². The number of aromatic hydroxyl groups is 1. The van der Waals surface area contributed by atoms with Crippen LogP contribution in [0.25, 0.3) is 10.8 Å². The van der Waals surface area contributed by atoms with Gasteiger partial charge in [0.15, 0.2) is 11.6 Å². The second kappa shape index (κ2) is 3.48. The lowest BCUT2D eigenvalue weighted by molar-refractivity contribution is 0.433. The van der Waals surface area contributed by atoms with E-state index in [9.17, 15) is 9.50 Å². The van der Waals surface area contributed by atoms with E-state index in [0.29, 0.717) is 5.39 Å². The molecule has 2 rings (SSSR count). The van der Waals surface area contributed by atoms with Gasteiger partial charge in [-0.05, 0) is 22.4 Å². The topological polar surface area (TPSA) is 20.2 Å². The summed E-state index contributed by atoms with van der Waals surface area (Å²) in [6.45, 7) is 6.14. The van der Waals surface area contributed by atoms with Crippen molar-refractivity contribution in [1.82, 2.24) is 0 Å². The standard InChI is InChI=1S/C14H15FO/c1-14(2,3)11-8-12(16)13(15)10-7-5-4-6-9(10)11/h4-8,16H,1-3H3. The highest BCUT2D eigenvalue weighted by molar-refractivity contribution is 5.88. The molecule has 0 fully saturated rings. The molecule has 0 aliphatic heterocycles. The Morgan fingerprint density at radius 2 is 1.62 bits per heavy atom. The number of hydrogen-bond acceptors (Lipinski definition) is 1. The van der Waals surface area contributed by atoms with Crippen LogP contribution in [0.4, 0.5) is 4.39 Å². The largest absolute Gasteiger partial charge is 0.505 e. The number of benzene rings is 2. The summed E-state index contributed by atoms with van der Waals surface area (Å²) < 4.78 is 13.7. The van der Waals surface area contributed by atoms with Crippen molar-refractivity contribution in [2.45, 2.75) is 26.2 Å². The Morgan fingerprint density at radius 1 is 1.06 bits per heavy atom. The van der Waals surface area contributed by atoms with E-state index in [1.807, 2.05) is 32.9 Å². The van der Waals surface area contributed by atoms with E-state index in [4.69, 9.17) is 0 Å². The van der Waals surface area contributed by atoms with Gasteiger partial charge in [0.1, 0.15) is 0 Å². The molecule has 16 heavy (non-hydrogen) atoms. The molecule has 84 valence electrons. The van der Waals surface area contributed by atoms with Crippen molar-refractivity contribution in [1.29, 1.82) is 0 Å². The Hall–Kier alpha value is -1.57. The molecular formula is C14H15FO. The summed E-state index contributed by atoms with van der Waals surface area (Å²) in [4.78, 5) is 0. The number of hydrogen-bond donors (Lipinski definition) is 1. The van der Waals surface area contributed by atoms with Gasteiger partial charge in [-0.1, -0.05) is 45.0 Å². The van der Waals surface area contributed by atoms with Crippen molar-refractivity contribution < 1.29 is 9.50 Å². The minimum Gasteiger partial charge on any atom is -0.505 e. The van der Waals surface area contributed by atoms with Gasteiger partial charge < -0.3 is 5.11 Å². The van der Waals surface area contributed by atoms with Crippen LogP contribution < -0.4 is 0 Å². The van der Waals surface area contributed by atoms with Crippen LogP contribution in [-0.4, -0.2) is 5.11 Å². The van der Waals surface area contributed by atoms with E-state index in [2.05, 4.69) is 0 Å². The van der Waals surface area contributed by atoms with Crippen LogP contribution in [-0.2, 0) is 5.41 Å². The first-order valence-electron chi connectivity index (χ1n) is 5.32. The van der Waals surface area contributed by atoms with E-state index in [1.54, 1.807) is 12.1 Å². The summed E-state index contributed by atoms with van der Waals surface area (Å²) in [6.07, 6.45) is 0. The van der Waals surface area contributed by atoms with Crippen LogP contribution in [0.2, 0.25) is 0 Å². The summed E-state index contributed by atoms with van der Waals surface area (Å²) in [7, 11) is 0. The number of fused-ring (bicyclic) bond motifs is 1. The molecule has 0 radical (unpaired) electrons. The van der Waals surface area contributed by atoms with Gasteiger partial charge in [0.05, 0.1) is 0 Å². The van der Waals surface area contributed by atoms with Crippen molar-refractivity contribution in [3.05, 3.63) is 41.7 Å². The number of halogens is 1. The normalized spacial score (nSPS) is 12.0. The van der Waals surface area contributed by atoms with Crippen LogP contribution in [0.5, 0.6) is 5.75 Å². The zero-order chi connectivity index (χ0) is 11.9. The third-order valence-corrected chi connectivity index (χ3v) is 2.77. The lowest BCUT2D eigenvalue weighted by Gasteiger charge is -2.22. The van der Waals surface area contributed by atoms with E-state index < -0.39 is 5.82 Å². The third-order valence-electron chi connectivity index (χ3n) is 2.77. The fourth-order valence-corrected chi connectivity index (χ4v) is 1.95. The molecule has 0 aliphatic carbocycles. The molecule has 0 saturated carbocycles. The second-order valence-corrected chi connectivity index (χ2v) is 5.05. The Bertz CT molecular complexity index is 538. The fraction of sp³-hybridized carbons (Fsp3) is 0.286. The fourth-order valence-electron chi connectivity index (χ4n) is 1.95. The molecule has 0 unspecified atom stereocenters. The average molecular weight is 218 g/mol. The van der Waals surface area contributed by atoms with Crippen LogP contribution in [0.15, 0.2) is 30.3 Å². The van der Waals surface area contributed by atoms with Crippen LogP contribution in [0.1, 0.15) is 26.3 Å². The number of phenolic OH excluding ortho intramolecular Hbond substituents is 1. The smallest absolute Gasteiger partial charge is 0.172 e. The maximum atomic E-state index is 13.7. The lowest BCUT2D eigenvalue weighted by atomic mass is 9.83. The maximum absolute atomic E-state index is 13.7. The number of rotatable bonds is 0. The predicted molar refractivity (Wildman–Crippen MR) is 64.3 cm³/mol. The van der Waals surface area contributed by atoms with Gasteiger partial charge in [-0.15, -0.1) is 0 Å². The molecule has 0 aromatic heterocycles. The molecule has 2 aromatic carbocycles. The van der Waals surface area contributed by atoms with Crippen LogP contribution in [0, 0.1) is 5.82 Å². The van der Waals surface area contributed by atoms with Gasteiger partial charge in [-0.3, -0.25) is 0 Å².